The third kappa shape index (κ3) is 6.01. The smallest absolute Gasteiger partial charge is 0.309 e. The number of phenolic OH excluding ortho intramolecular Hbond substituents is 2. The molecule has 0 unspecified atom stereocenters. The molecule has 216 valence electrons. The van der Waals surface area contributed by atoms with Crippen molar-refractivity contribution < 1.29 is 38.7 Å². The molecule has 2 N–H and O–H groups in total. The van der Waals surface area contributed by atoms with E-state index in [0.717, 1.165) is 48.8 Å². The van der Waals surface area contributed by atoms with Gasteiger partial charge in [-0.25, -0.2) is 0 Å². The second-order valence-electron chi connectivity index (χ2n) is 11.6. The quantitative estimate of drug-likeness (QED) is 0.455. The Morgan fingerprint density at radius 3 is 2.23 bits per heavy atom. The summed E-state index contributed by atoms with van der Waals surface area (Å²) < 4.78 is 22.9. The maximum Gasteiger partial charge on any atom is 0.309 e. The number of benzene rings is 2. The number of esters is 2. The summed E-state index contributed by atoms with van der Waals surface area (Å²) in [5.74, 6) is 0.613. The predicted molar refractivity (Wildman–Crippen MR) is 148 cm³/mol. The Morgan fingerprint density at radius 2 is 1.52 bits per heavy atom. The van der Waals surface area contributed by atoms with Crippen LogP contribution in [-0.2, 0) is 31.9 Å². The van der Waals surface area contributed by atoms with E-state index in [2.05, 4.69) is 0 Å². The maximum atomic E-state index is 13.2. The average molecular weight is 553 g/mol. The van der Waals surface area contributed by atoms with Crippen LogP contribution in [0.1, 0.15) is 74.5 Å². The fourth-order valence-corrected chi connectivity index (χ4v) is 7.14. The monoisotopic (exact) mass is 552 g/mol. The van der Waals surface area contributed by atoms with Crippen molar-refractivity contribution in [3.8, 4) is 23.0 Å². The van der Waals surface area contributed by atoms with Gasteiger partial charge in [0.25, 0.3) is 0 Å². The summed E-state index contributed by atoms with van der Waals surface area (Å²) in [7, 11) is 3.06. The predicted octanol–water partition coefficient (Wildman–Crippen LogP) is 5.45. The summed E-state index contributed by atoms with van der Waals surface area (Å²) in [6.07, 6.45) is 6.10. The Balaban J connectivity index is 1.51. The van der Waals surface area contributed by atoms with Crippen LogP contribution in [0.5, 0.6) is 23.0 Å². The van der Waals surface area contributed by atoms with Crippen LogP contribution in [0.2, 0.25) is 0 Å². The first-order valence-electron chi connectivity index (χ1n) is 14.4. The molecular formula is C32H40O8. The Labute approximate surface area is 235 Å². The second kappa shape index (κ2) is 12.0. The molecule has 2 aromatic carbocycles. The number of aromatic hydroxyl groups is 2. The molecule has 0 heterocycles. The van der Waals surface area contributed by atoms with E-state index in [1.807, 2.05) is 18.2 Å². The molecule has 5 atom stereocenters. The van der Waals surface area contributed by atoms with E-state index in [4.69, 9.17) is 18.9 Å². The fraction of sp³-hybridized carbons (Fsp3) is 0.562. The van der Waals surface area contributed by atoms with Crippen molar-refractivity contribution in [1.82, 2.24) is 0 Å². The number of phenols is 2. The Bertz CT molecular complexity index is 1230. The van der Waals surface area contributed by atoms with Crippen LogP contribution in [0, 0.1) is 17.8 Å². The van der Waals surface area contributed by atoms with E-state index in [1.165, 1.54) is 21.1 Å². The normalized spacial score (nSPS) is 26.5. The van der Waals surface area contributed by atoms with Gasteiger partial charge < -0.3 is 29.2 Å². The summed E-state index contributed by atoms with van der Waals surface area (Å²) in [5, 5.41) is 20.7. The Kier molecular flexibility index (Phi) is 8.43. The van der Waals surface area contributed by atoms with Crippen molar-refractivity contribution in [3.63, 3.8) is 0 Å². The third-order valence-electron chi connectivity index (χ3n) is 9.12. The SMILES string of the molecule is COc1cc([C@@H]2C[C@H](OC(=O)C3CCCC3)C[C@H](OC(C)=O)[C@H]3Cc4cc(OC)c(O)cc4C[C@@H]3C2)ccc1O. The van der Waals surface area contributed by atoms with Crippen molar-refractivity contribution in [3.05, 3.63) is 47.0 Å². The molecule has 0 aliphatic heterocycles. The first-order valence-corrected chi connectivity index (χ1v) is 14.4. The summed E-state index contributed by atoms with van der Waals surface area (Å²) in [4.78, 5) is 25.4. The average Bonchev–Trinajstić information content (AvgIpc) is 3.46. The Hall–Kier alpha value is -3.42. The van der Waals surface area contributed by atoms with Crippen LogP contribution < -0.4 is 9.47 Å². The van der Waals surface area contributed by atoms with Crippen LogP contribution in [0.4, 0.5) is 0 Å². The lowest BCUT2D eigenvalue weighted by molar-refractivity contribution is -0.162. The Morgan fingerprint density at radius 1 is 0.825 bits per heavy atom. The zero-order valence-electron chi connectivity index (χ0n) is 23.6. The van der Waals surface area contributed by atoms with Gasteiger partial charge in [-0.2, -0.15) is 0 Å². The van der Waals surface area contributed by atoms with Gasteiger partial charge in [-0.1, -0.05) is 18.9 Å². The molecule has 2 aromatic rings. The van der Waals surface area contributed by atoms with Gasteiger partial charge in [0.15, 0.2) is 23.0 Å². The first kappa shape index (κ1) is 28.1. The number of rotatable bonds is 6. The zero-order valence-corrected chi connectivity index (χ0v) is 23.6. The van der Waals surface area contributed by atoms with E-state index in [0.29, 0.717) is 37.2 Å². The molecular weight excluding hydrogens is 512 g/mol. The van der Waals surface area contributed by atoms with Crippen molar-refractivity contribution in [2.45, 2.75) is 82.8 Å². The molecule has 3 aliphatic rings. The van der Waals surface area contributed by atoms with E-state index in [-0.39, 0.29) is 47.1 Å². The molecule has 0 aromatic heterocycles. The molecule has 0 radical (unpaired) electrons. The largest absolute Gasteiger partial charge is 0.504 e. The van der Waals surface area contributed by atoms with Crippen LogP contribution in [-0.4, -0.2) is 48.6 Å². The van der Waals surface area contributed by atoms with Crippen molar-refractivity contribution in [2.24, 2.45) is 17.8 Å². The number of carbonyl (C=O) groups excluding carboxylic acids is 2. The van der Waals surface area contributed by atoms with Gasteiger partial charge in [0.2, 0.25) is 0 Å². The zero-order chi connectivity index (χ0) is 28.4. The molecule has 0 spiro atoms. The minimum atomic E-state index is -0.418. The van der Waals surface area contributed by atoms with E-state index < -0.39 is 12.2 Å². The number of hydrogen-bond donors (Lipinski definition) is 2. The van der Waals surface area contributed by atoms with Crippen molar-refractivity contribution in [2.75, 3.05) is 14.2 Å². The van der Waals surface area contributed by atoms with Crippen molar-refractivity contribution >= 4 is 11.9 Å². The number of fused-ring (bicyclic) bond motifs is 2. The summed E-state index contributed by atoms with van der Waals surface area (Å²) in [5.41, 5.74) is 3.13. The van der Waals surface area contributed by atoms with Gasteiger partial charge in [-0.15, -0.1) is 0 Å². The van der Waals surface area contributed by atoms with Gasteiger partial charge >= 0.3 is 11.9 Å². The standard InChI is InChI=1S/C32H40O8/c1-18(33)39-29-17-25(40-32(36)19-6-4-5-7-19)12-21(20-8-9-27(34)30(15-20)37-2)10-24-11-22-14-28(35)31(38-3)16-23(22)13-26(24)29/h8-9,14-16,19,21,24-26,29,34-35H,4-7,10-13,17H2,1-3H3/t21-,24-,25-,26-,29-/m0/s1. The number of hydrogen-bond acceptors (Lipinski definition) is 8. The number of ether oxygens (including phenoxy) is 4. The highest BCUT2D eigenvalue weighted by molar-refractivity contribution is 5.73. The van der Waals surface area contributed by atoms with Crippen molar-refractivity contribution in [1.29, 1.82) is 0 Å². The highest BCUT2D eigenvalue weighted by atomic mass is 16.6. The summed E-state index contributed by atoms with van der Waals surface area (Å²) in [6.45, 7) is 1.43. The number of methoxy groups -OCH3 is 2. The molecule has 3 aliphatic carbocycles. The van der Waals surface area contributed by atoms with Crippen LogP contribution in [0.3, 0.4) is 0 Å². The lowest BCUT2D eigenvalue weighted by Crippen LogP contribution is -2.43. The molecule has 0 bridgehead atoms. The van der Waals surface area contributed by atoms with Gasteiger partial charge in [-0.05, 0) is 91.3 Å². The molecule has 40 heavy (non-hydrogen) atoms. The molecule has 8 nitrogen and oxygen atoms in total. The minimum Gasteiger partial charge on any atom is -0.504 e. The lowest BCUT2D eigenvalue weighted by atomic mass is 9.66. The second-order valence-corrected chi connectivity index (χ2v) is 11.6. The fourth-order valence-electron chi connectivity index (χ4n) is 7.14. The highest BCUT2D eigenvalue weighted by Crippen LogP contribution is 2.47. The third-order valence-corrected chi connectivity index (χ3v) is 9.12. The topological polar surface area (TPSA) is 112 Å². The summed E-state index contributed by atoms with van der Waals surface area (Å²) >= 11 is 0. The van der Waals surface area contributed by atoms with Gasteiger partial charge in [-0.3, -0.25) is 9.59 Å². The van der Waals surface area contributed by atoms with E-state index in [1.54, 1.807) is 12.1 Å². The van der Waals surface area contributed by atoms with E-state index >= 15 is 0 Å². The molecule has 0 amide bonds. The minimum absolute atomic E-state index is 0.000132. The van der Waals surface area contributed by atoms with Gasteiger partial charge in [0.1, 0.15) is 12.2 Å². The van der Waals surface area contributed by atoms with Gasteiger partial charge in [0, 0.05) is 19.3 Å². The molecule has 2 saturated carbocycles. The van der Waals surface area contributed by atoms with Gasteiger partial charge in [0.05, 0.1) is 20.1 Å². The molecule has 8 heteroatoms. The lowest BCUT2D eigenvalue weighted by Gasteiger charge is -2.43. The molecule has 0 saturated heterocycles. The summed E-state index contributed by atoms with van der Waals surface area (Å²) in [6, 6.07) is 9.08. The highest BCUT2D eigenvalue weighted by Gasteiger charge is 2.42. The molecule has 5 rings (SSSR count). The van der Waals surface area contributed by atoms with Crippen LogP contribution >= 0.6 is 0 Å². The van der Waals surface area contributed by atoms with Crippen LogP contribution in [0.25, 0.3) is 0 Å². The first-order chi connectivity index (χ1) is 19.2. The maximum absolute atomic E-state index is 13.2. The van der Waals surface area contributed by atoms with E-state index in [9.17, 15) is 19.8 Å². The van der Waals surface area contributed by atoms with Crippen LogP contribution in [0.15, 0.2) is 30.3 Å². The molecule has 2 fully saturated rings. The number of carbonyl (C=O) groups is 2.